The summed E-state index contributed by atoms with van der Waals surface area (Å²) in [6.07, 6.45) is 1.20. The van der Waals surface area contributed by atoms with E-state index in [0.717, 1.165) is 0 Å². The average Bonchev–Trinajstić information content (AvgIpc) is 2.42. The van der Waals surface area contributed by atoms with E-state index in [9.17, 15) is 19.7 Å². The Bertz CT molecular complexity index is 589. The number of hydrogen-bond donors (Lipinski definition) is 0. The van der Waals surface area contributed by atoms with Gasteiger partial charge < -0.3 is 4.74 Å². The third-order valence-corrected chi connectivity index (χ3v) is 2.58. The van der Waals surface area contributed by atoms with E-state index >= 15 is 0 Å². The normalized spacial score (nSPS) is 11.3. The van der Waals surface area contributed by atoms with Gasteiger partial charge in [0.15, 0.2) is 5.78 Å². The first-order valence-corrected chi connectivity index (χ1v) is 6.46. The second kappa shape index (κ2) is 7.33. The third-order valence-electron chi connectivity index (χ3n) is 2.58. The number of hydrogen-bond acceptors (Lipinski definition) is 5. The molecule has 0 aliphatic rings. The smallest absolute Gasteiger partial charge is 0.341 e. The van der Waals surface area contributed by atoms with Gasteiger partial charge in [-0.05, 0) is 25.0 Å². The van der Waals surface area contributed by atoms with Gasteiger partial charge in [0.05, 0.1) is 17.1 Å². The van der Waals surface area contributed by atoms with E-state index in [4.69, 9.17) is 4.74 Å². The zero-order valence-corrected chi connectivity index (χ0v) is 12.2. The maximum atomic E-state index is 11.9. The monoisotopic (exact) mass is 291 g/mol. The first-order chi connectivity index (χ1) is 9.82. The molecular formula is C15H17NO5. The summed E-state index contributed by atoms with van der Waals surface area (Å²) in [6, 6.07) is 5.88. The molecule has 21 heavy (non-hydrogen) atoms. The fourth-order valence-electron chi connectivity index (χ4n) is 1.56. The standard InChI is InChI=1S/C15H17NO5/c1-10(2)9-21-15(18)13(11(3)17)8-12-6-4-5-7-14(12)16(19)20/h4-8,10H,9H2,1-3H3. The van der Waals surface area contributed by atoms with Gasteiger partial charge in [-0.15, -0.1) is 0 Å². The van der Waals surface area contributed by atoms with Gasteiger partial charge in [0.25, 0.3) is 5.69 Å². The molecule has 1 aromatic rings. The molecule has 6 heteroatoms. The molecule has 0 atom stereocenters. The minimum absolute atomic E-state index is 0.133. The van der Waals surface area contributed by atoms with Gasteiger partial charge in [-0.1, -0.05) is 26.0 Å². The molecule has 0 fully saturated rings. The molecule has 0 saturated heterocycles. The van der Waals surface area contributed by atoms with Crippen molar-refractivity contribution in [2.45, 2.75) is 20.8 Å². The topological polar surface area (TPSA) is 86.5 Å². The molecule has 0 aliphatic heterocycles. The van der Waals surface area contributed by atoms with Crippen molar-refractivity contribution in [3.05, 3.63) is 45.5 Å². The molecule has 0 aromatic heterocycles. The lowest BCUT2D eigenvalue weighted by molar-refractivity contribution is -0.385. The van der Waals surface area contributed by atoms with Crippen molar-refractivity contribution in [3.8, 4) is 0 Å². The Morgan fingerprint density at radius 1 is 1.33 bits per heavy atom. The van der Waals surface area contributed by atoms with Crippen molar-refractivity contribution in [2.24, 2.45) is 5.92 Å². The van der Waals surface area contributed by atoms with Crippen molar-refractivity contribution in [2.75, 3.05) is 6.61 Å². The number of Topliss-reactive ketones (excluding diaryl/α,β-unsaturated/α-hetero) is 1. The fraction of sp³-hybridized carbons (Fsp3) is 0.333. The molecule has 0 bridgehead atoms. The number of benzene rings is 1. The quantitative estimate of drug-likeness (QED) is 0.201. The van der Waals surface area contributed by atoms with Gasteiger partial charge in [-0.3, -0.25) is 14.9 Å². The molecule has 0 amide bonds. The first kappa shape index (κ1) is 16.6. The molecule has 6 nitrogen and oxygen atoms in total. The number of esters is 1. The Morgan fingerprint density at radius 2 is 1.95 bits per heavy atom. The number of nitro groups is 1. The summed E-state index contributed by atoms with van der Waals surface area (Å²) in [7, 11) is 0. The van der Waals surface area contributed by atoms with Crippen LogP contribution in [0.15, 0.2) is 29.8 Å². The number of nitrogens with zero attached hydrogens (tertiary/aromatic N) is 1. The average molecular weight is 291 g/mol. The van der Waals surface area contributed by atoms with Crippen LogP contribution in [-0.4, -0.2) is 23.3 Å². The molecule has 0 aliphatic carbocycles. The lowest BCUT2D eigenvalue weighted by Gasteiger charge is -2.08. The van der Waals surface area contributed by atoms with Crippen molar-refractivity contribution >= 4 is 23.5 Å². The van der Waals surface area contributed by atoms with E-state index in [0.29, 0.717) is 0 Å². The van der Waals surface area contributed by atoms with Crippen LogP contribution in [0.25, 0.3) is 6.08 Å². The van der Waals surface area contributed by atoms with Crippen LogP contribution >= 0.6 is 0 Å². The molecule has 0 unspecified atom stereocenters. The van der Waals surface area contributed by atoms with Crippen molar-refractivity contribution in [1.82, 2.24) is 0 Å². The van der Waals surface area contributed by atoms with Crippen LogP contribution in [0.1, 0.15) is 26.3 Å². The number of nitro benzene ring substituents is 1. The number of ether oxygens (including phenoxy) is 1. The Labute approximate surface area is 122 Å². The second-order valence-electron chi connectivity index (χ2n) is 4.92. The SMILES string of the molecule is CC(=O)C(=Cc1ccccc1[N+](=O)[O-])C(=O)OCC(C)C. The zero-order chi connectivity index (χ0) is 16.0. The summed E-state index contributed by atoms with van der Waals surface area (Å²) in [6.45, 7) is 5.14. The number of ketones is 1. The van der Waals surface area contributed by atoms with Crippen molar-refractivity contribution < 1.29 is 19.2 Å². The van der Waals surface area contributed by atoms with Crippen molar-refractivity contribution in [1.29, 1.82) is 0 Å². The Morgan fingerprint density at radius 3 is 2.48 bits per heavy atom. The molecule has 1 rings (SSSR count). The highest BCUT2D eigenvalue weighted by atomic mass is 16.6. The Kier molecular flexibility index (Phi) is 5.78. The second-order valence-corrected chi connectivity index (χ2v) is 4.92. The molecule has 112 valence electrons. The van der Waals surface area contributed by atoms with Crippen LogP contribution in [0.5, 0.6) is 0 Å². The van der Waals surface area contributed by atoms with Gasteiger partial charge in [-0.25, -0.2) is 4.79 Å². The minimum Gasteiger partial charge on any atom is -0.462 e. The van der Waals surface area contributed by atoms with E-state index in [2.05, 4.69) is 0 Å². The van der Waals surface area contributed by atoms with E-state index in [-0.39, 0.29) is 29.3 Å². The molecule has 0 spiro atoms. The van der Waals surface area contributed by atoms with Crippen LogP contribution in [0, 0.1) is 16.0 Å². The van der Waals surface area contributed by atoms with E-state index < -0.39 is 16.7 Å². The first-order valence-electron chi connectivity index (χ1n) is 6.46. The van der Waals surface area contributed by atoms with Crippen LogP contribution < -0.4 is 0 Å². The summed E-state index contributed by atoms with van der Waals surface area (Å²) in [4.78, 5) is 33.8. The van der Waals surface area contributed by atoms with Gasteiger partial charge >= 0.3 is 5.97 Å². The maximum absolute atomic E-state index is 11.9. The molecule has 0 N–H and O–H groups in total. The fourth-order valence-corrected chi connectivity index (χ4v) is 1.56. The Balaban J connectivity index is 3.14. The number of para-hydroxylation sites is 1. The predicted octanol–water partition coefficient (Wildman–Crippen LogP) is 2.77. The highest BCUT2D eigenvalue weighted by molar-refractivity contribution is 6.20. The maximum Gasteiger partial charge on any atom is 0.341 e. The van der Waals surface area contributed by atoms with Crippen LogP contribution in [0.4, 0.5) is 5.69 Å². The van der Waals surface area contributed by atoms with Crippen LogP contribution in [0.2, 0.25) is 0 Å². The van der Waals surface area contributed by atoms with E-state index in [1.807, 2.05) is 13.8 Å². The van der Waals surface area contributed by atoms with Crippen LogP contribution in [-0.2, 0) is 14.3 Å². The van der Waals surface area contributed by atoms with Gasteiger partial charge in [0, 0.05) is 6.07 Å². The molecule has 0 radical (unpaired) electrons. The zero-order valence-electron chi connectivity index (χ0n) is 12.2. The van der Waals surface area contributed by atoms with Gasteiger partial charge in [0.1, 0.15) is 5.57 Å². The van der Waals surface area contributed by atoms with Crippen molar-refractivity contribution in [3.63, 3.8) is 0 Å². The predicted molar refractivity (Wildman–Crippen MR) is 77.6 cm³/mol. The molecule has 1 aromatic carbocycles. The summed E-state index contributed by atoms with van der Waals surface area (Å²) >= 11 is 0. The summed E-state index contributed by atoms with van der Waals surface area (Å²) in [5, 5.41) is 10.9. The van der Waals surface area contributed by atoms with Gasteiger partial charge in [-0.2, -0.15) is 0 Å². The van der Waals surface area contributed by atoms with Crippen LogP contribution in [0.3, 0.4) is 0 Å². The number of rotatable bonds is 6. The Hall–Kier alpha value is -2.50. The molecule has 0 saturated carbocycles. The number of carbonyl (C=O) groups is 2. The lowest BCUT2D eigenvalue weighted by atomic mass is 10.1. The number of carbonyl (C=O) groups excluding carboxylic acids is 2. The highest BCUT2D eigenvalue weighted by Crippen LogP contribution is 2.21. The molecular weight excluding hydrogens is 274 g/mol. The summed E-state index contributed by atoms with van der Waals surface area (Å²) in [5.74, 6) is -1.13. The van der Waals surface area contributed by atoms with E-state index in [1.54, 1.807) is 6.07 Å². The lowest BCUT2D eigenvalue weighted by Crippen LogP contribution is -2.16. The summed E-state index contributed by atoms with van der Waals surface area (Å²) in [5.41, 5.74) is -0.188. The van der Waals surface area contributed by atoms with E-state index in [1.165, 1.54) is 31.2 Å². The highest BCUT2D eigenvalue weighted by Gasteiger charge is 2.19. The third kappa shape index (κ3) is 4.83. The summed E-state index contributed by atoms with van der Waals surface area (Å²) < 4.78 is 5.00. The minimum atomic E-state index is -0.769. The molecule has 0 heterocycles. The van der Waals surface area contributed by atoms with Gasteiger partial charge in [0.2, 0.25) is 0 Å². The largest absolute Gasteiger partial charge is 0.462 e.